The van der Waals surface area contributed by atoms with Crippen molar-refractivity contribution in [3.63, 3.8) is 0 Å². The van der Waals surface area contributed by atoms with E-state index in [2.05, 4.69) is 29.4 Å². The Labute approximate surface area is 139 Å². The van der Waals surface area contributed by atoms with Crippen LogP contribution in [0.15, 0.2) is 8.68 Å². The van der Waals surface area contributed by atoms with Crippen molar-refractivity contribution in [3.05, 3.63) is 0 Å². The topological polar surface area (TPSA) is 54.9 Å². The maximum atomic E-state index is 12.0. The molecule has 118 valence electrons. The summed E-state index contributed by atoms with van der Waals surface area (Å²) in [5.74, 6) is 2.23. The molecular formula is C14H23N3OS3. The summed E-state index contributed by atoms with van der Waals surface area (Å²) in [5.41, 5.74) is 0. The first kappa shape index (κ1) is 17.1. The molecule has 1 aromatic rings. The first-order chi connectivity index (χ1) is 10.2. The number of aromatic nitrogens is 2. The number of hydrogen-bond acceptors (Lipinski definition) is 6. The zero-order valence-corrected chi connectivity index (χ0v) is 15.1. The van der Waals surface area contributed by atoms with Crippen LogP contribution in [0.25, 0.3) is 0 Å². The molecule has 1 N–H and O–H groups in total. The van der Waals surface area contributed by atoms with Crippen molar-refractivity contribution in [2.45, 2.75) is 60.7 Å². The second-order valence-corrected chi connectivity index (χ2v) is 8.95. The smallest absolute Gasteiger partial charge is 0.230 e. The predicted octanol–water partition coefficient (Wildman–Crippen LogP) is 3.83. The van der Waals surface area contributed by atoms with Gasteiger partial charge in [0.25, 0.3) is 0 Å². The highest BCUT2D eigenvalue weighted by molar-refractivity contribution is 8.03. The van der Waals surface area contributed by atoms with Crippen LogP contribution in [-0.2, 0) is 4.79 Å². The van der Waals surface area contributed by atoms with Crippen LogP contribution >= 0.6 is 34.9 Å². The van der Waals surface area contributed by atoms with Crippen molar-refractivity contribution in [1.82, 2.24) is 15.5 Å². The van der Waals surface area contributed by atoms with E-state index in [-0.39, 0.29) is 5.91 Å². The average Bonchev–Trinajstić information content (AvgIpc) is 2.93. The molecule has 7 heteroatoms. The average molecular weight is 346 g/mol. The van der Waals surface area contributed by atoms with Gasteiger partial charge in [0, 0.05) is 11.8 Å². The Bertz CT molecular complexity index is 452. The summed E-state index contributed by atoms with van der Waals surface area (Å²) in [6, 6.07) is 0.358. The number of thioether (sulfide) groups is 2. The quantitative estimate of drug-likeness (QED) is 0.761. The largest absolute Gasteiger partial charge is 0.352 e. The van der Waals surface area contributed by atoms with Gasteiger partial charge in [0.1, 0.15) is 0 Å². The van der Waals surface area contributed by atoms with Crippen LogP contribution in [-0.4, -0.2) is 33.7 Å². The summed E-state index contributed by atoms with van der Waals surface area (Å²) in [6.07, 6.45) is 6.01. The van der Waals surface area contributed by atoms with Crippen LogP contribution in [0.4, 0.5) is 0 Å². The van der Waals surface area contributed by atoms with E-state index in [4.69, 9.17) is 0 Å². The fraction of sp³-hybridized carbons (Fsp3) is 0.786. The van der Waals surface area contributed by atoms with Gasteiger partial charge in [-0.1, -0.05) is 61.5 Å². The number of carbonyl (C=O) groups excluding carboxylic acids is 1. The highest BCUT2D eigenvalue weighted by Gasteiger charge is 2.22. The molecule has 0 bridgehead atoms. The lowest BCUT2D eigenvalue weighted by molar-refractivity contribution is -0.119. The molecule has 2 atom stereocenters. The lowest BCUT2D eigenvalue weighted by atomic mass is 9.86. The monoisotopic (exact) mass is 345 g/mol. The van der Waals surface area contributed by atoms with Gasteiger partial charge in [-0.05, 0) is 25.2 Å². The molecule has 0 radical (unpaired) electrons. The van der Waals surface area contributed by atoms with Gasteiger partial charge in [-0.3, -0.25) is 4.79 Å². The molecule has 0 saturated heterocycles. The third-order valence-corrected chi connectivity index (χ3v) is 7.00. The van der Waals surface area contributed by atoms with E-state index in [9.17, 15) is 4.79 Å². The fourth-order valence-electron chi connectivity index (χ4n) is 2.41. The molecule has 0 spiro atoms. The maximum Gasteiger partial charge on any atom is 0.230 e. The molecule has 1 saturated carbocycles. The van der Waals surface area contributed by atoms with E-state index in [1.807, 2.05) is 0 Å². The van der Waals surface area contributed by atoms with Crippen LogP contribution < -0.4 is 5.32 Å². The van der Waals surface area contributed by atoms with E-state index in [1.54, 1.807) is 23.1 Å². The van der Waals surface area contributed by atoms with Crippen molar-refractivity contribution in [3.8, 4) is 0 Å². The van der Waals surface area contributed by atoms with Crippen LogP contribution in [0.1, 0.15) is 46.0 Å². The van der Waals surface area contributed by atoms with Crippen LogP contribution in [0.3, 0.4) is 0 Å². The van der Waals surface area contributed by atoms with Gasteiger partial charge in [-0.2, -0.15) is 0 Å². The molecule has 21 heavy (non-hydrogen) atoms. The normalized spacial score (nSPS) is 22.2. The van der Waals surface area contributed by atoms with Crippen molar-refractivity contribution in [1.29, 1.82) is 0 Å². The molecule has 0 unspecified atom stereocenters. The Hall–Kier alpha value is -0.270. The van der Waals surface area contributed by atoms with Crippen LogP contribution in [0.5, 0.6) is 0 Å². The van der Waals surface area contributed by atoms with Gasteiger partial charge < -0.3 is 5.32 Å². The SMILES string of the molecule is CCCSc1nnc(SCC(=O)N[C@@H]2CCCC[C@H]2C)s1. The molecule has 0 aliphatic heterocycles. The number of nitrogens with zero attached hydrogens (tertiary/aromatic N) is 2. The zero-order valence-electron chi connectivity index (χ0n) is 12.6. The van der Waals surface area contributed by atoms with Crippen molar-refractivity contribution in [2.75, 3.05) is 11.5 Å². The van der Waals surface area contributed by atoms with Crippen molar-refractivity contribution in [2.24, 2.45) is 5.92 Å². The Balaban J connectivity index is 1.71. The lowest BCUT2D eigenvalue weighted by Crippen LogP contribution is -2.41. The highest BCUT2D eigenvalue weighted by Crippen LogP contribution is 2.29. The summed E-state index contributed by atoms with van der Waals surface area (Å²) >= 11 is 4.81. The van der Waals surface area contributed by atoms with Gasteiger partial charge >= 0.3 is 0 Å². The van der Waals surface area contributed by atoms with Crippen molar-refractivity contribution >= 4 is 40.8 Å². The first-order valence-electron chi connectivity index (χ1n) is 7.57. The lowest BCUT2D eigenvalue weighted by Gasteiger charge is -2.29. The number of hydrogen-bond donors (Lipinski definition) is 1. The Morgan fingerprint density at radius 1 is 1.29 bits per heavy atom. The number of amides is 1. The fourth-order valence-corrected chi connectivity index (χ4v) is 5.17. The summed E-state index contributed by atoms with van der Waals surface area (Å²) < 4.78 is 1.89. The van der Waals surface area contributed by atoms with Crippen LogP contribution in [0.2, 0.25) is 0 Å². The molecule has 4 nitrogen and oxygen atoms in total. The molecule has 1 aliphatic carbocycles. The molecule has 1 aromatic heterocycles. The minimum absolute atomic E-state index is 0.122. The third-order valence-electron chi connectivity index (χ3n) is 3.60. The predicted molar refractivity (Wildman–Crippen MR) is 91.2 cm³/mol. The molecule has 1 fully saturated rings. The Morgan fingerprint density at radius 3 is 2.71 bits per heavy atom. The van der Waals surface area contributed by atoms with E-state index in [1.165, 1.54) is 31.0 Å². The van der Waals surface area contributed by atoms with Crippen LogP contribution in [0, 0.1) is 5.92 Å². The van der Waals surface area contributed by atoms with Gasteiger partial charge in [0.15, 0.2) is 8.68 Å². The first-order valence-corrected chi connectivity index (χ1v) is 10.4. The van der Waals surface area contributed by atoms with E-state index in [0.717, 1.165) is 27.3 Å². The summed E-state index contributed by atoms with van der Waals surface area (Å²) in [4.78, 5) is 12.0. The highest BCUT2D eigenvalue weighted by atomic mass is 32.2. The zero-order chi connectivity index (χ0) is 15.1. The molecular weight excluding hydrogens is 322 g/mol. The standard InChI is InChI=1S/C14H23N3OS3/c1-3-8-19-13-16-17-14(21-13)20-9-12(18)15-11-7-5-4-6-10(11)2/h10-11H,3-9H2,1-2H3,(H,15,18)/t10-,11-/m1/s1. The minimum atomic E-state index is 0.122. The summed E-state index contributed by atoms with van der Waals surface area (Å²) in [7, 11) is 0. The van der Waals surface area contributed by atoms with Gasteiger partial charge in [0.05, 0.1) is 5.75 Å². The van der Waals surface area contributed by atoms with E-state index in [0.29, 0.717) is 17.7 Å². The second kappa shape index (κ2) is 9.00. The molecule has 1 amide bonds. The van der Waals surface area contributed by atoms with E-state index < -0.39 is 0 Å². The van der Waals surface area contributed by atoms with Gasteiger partial charge in [-0.15, -0.1) is 10.2 Å². The van der Waals surface area contributed by atoms with Crippen molar-refractivity contribution < 1.29 is 4.79 Å². The van der Waals surface area contributed by atoms with E-state index >= 15 is 0 Å². The Morgan fingerprint density at radius 2 is 2.00 bits per heavy atom. The molecule has 0 aromatic carbocycles. The Kier molecular flexibility index (Phi) is 7.33. The summed E-state index contributed by atoms with van der Waals surface area (Å²) in [5, 5.41) is 11.4. The minimum Gasteiger partial charge on any atom is -0.352 e. The molecule has 1 aliphatic rings. The second-order valence-electron chi connectivity index (χ2n) is 5.41. The van der Waals surface area contributed by atoms with Gasteiger partial charge in [-0.25, -0.2) is 0 Å². The van der Waals surface area contributed by atoms with Gasteiger partial charge in [0.2, 0.25) is 5.91 Å². The number of nitrogens with one attached hydrogen (secondary N) is 1. The molecule has 1 heterocycles. The maximum absolute atomic E-state index is 12.0. The number of rotatable bonds is 7. The number of carbonyl (C=O) groups is 1. The molecule has 2 rings (SSSR count). The third kappa shape index (κ3) is 5.79. The summed E-state index contributed by atoms with van der Waals surface area (Å²) in [6.45, 7) is 4.39.